The number of guanidine groups is 1. The van der Waals surface area contributed by atoms with Crippen molar-refractivity contribution in [2.24, 2.45) is 4.99 Å². The predicted octanol–water partition coefficient (Wildman–Crippen LogP) is 1.97. The van der Waals surface area contributed by atoms with Crippen LogP contribution in [0, 0.1) is 0 Å². The van der Waals surface area contributed by atoms with Crippen molar-refractivity contribution in [2.45, 2.75) is 38.8 Å². The highest BCUT2D eigenvalue weighted by Crippen LogP contribution is 2.14. The molecular weight excluding hydrogens is 419 g/mol. The zero-order valence-corrected chi connectivity index (χ0v) is 16.3. The monoisotopic (exact) mass is 444 g/mol. The van der Waals surface area contributed by atoms with E-state index in [1.165, 1.54) is 12.8 Å². The average Bonchev–Trinajstić information content (AvgIpc) is 3.22. The molecule has 1 aliphatic rings. The Morgan fingerprint density at radius 3 is 3.08 bits per heavy atom. The second-order valence-corrected chi connectivity index (χ2v) is 5.59. The van der Waals surface area contributed by atoms with Gasteiger partial charge in [-0.2, -0.15) is 0 Å². The molecule has 1 atom stereocenters. The van der Waals surface area contributed by atoms with Crippen molar-refractivity contribution in [3.05, 3.63) is 30.2 Å². The molecule has 0 amide bonds. The molecule has 2 N–H and O–H groups in total. The maximum absolute atomic E-state index is 5.64. The number of pyridine rings is 1. The Morgan fingerprint density at radius 1 is 1.38 bits per heavy atom. The van der Waals surface area contributed by atoms with Gasteiger partial charge < -0.3 is 15.4 Å². The van der Waals surface area contributed by atoms with Gasteiger partial charge in [0.15, 0.2) is 17.4 Å². The van der Waals surface area contributed by atoms with E-state index >= 15 is 0 Å². The number of ether oxygens (including phenoxy) is 1. The van der Waals surface area contributed by atoms with E-state index in [0.717, 1.165) is 43.5 Å². The molecule has 0 aromatic carbocycles. The first kappa shape index (κ1) is 18.9. The first-order valence-electron chi connectivity index (χ1n) is 8.29. The Morgan fingerprint density at radius 2 is 2.29 bits per heavy atom. The molecule has 0 bridgehead atoms. The SMILES string of the molecule is CCNC(=NCc1nnc2ccccn12)NCCC1CCCO1.I. The Bertz CT molecular complexity index is 653. The first-order chi connectivity index (χ1) is 11.4. The number of hydrogen-bond donors (Lipinski definition) is 2. The van der Waals surface area contributed by atoms with Gasteiger partial charge in [-0.1, -0.05) is 6.07 Å². The van der Waals surface area contributed by atoms with Gasteiger partial charge in [0.25, 0.3) is 0 Å². The fraction of sp³-hybridized carbons (Fsp3) is 0.562. The topological polar surface area (TPSA) is 75.8 Å². The van der Waals surface area contributed by atoms with E-state index in [9.17, 15) is 0 Å². The highest BCUT2D eigenvalue weighted by Gasteiger charge is 2.14. The zero-order chi connectivity index (χ0) is 15.9. The van der Waals surface area contributed by atoms with Crippen molar-refractivity contribution in [1.82, 2.24) is 25.2 Å². The number of nitrogens with one attached hydrogen (secondary N) is 2. The summed E-state index contributed by atoms with van der Waals surface area (Å²) in [6.07, 6.45) is 5.71. The maximum atomic E-state index is 5.64. The summed E-state index contributed by atoms with van der Waals surface area (Å²) < 4.78 is 7.60. The van der Waals surface area contributed by atoms with Gasteiger partial charge in [0.05, 0.1) is 6.10 Å². The van der Waals surface area contributed by atoms with Gasteiger partial charge >= 0.3 is 0 Å². The molecule has 0 aliphatic carbocycles. The van der Waals surface area contributed by atoms with Crippen LogP contribution in [0.3, 0.4) is 0 Å². The molecule has 1 unspecified atom stereocenters. The van der Waals surface area contributed by atoms with E-state index in [1.54, 1.807) is 0 Å². The van der Waals surface area contributed by atoms with Gasteiger partial charge in [-0.25, -0.2) is 4.99 Å². The predicted molar refractivity (Wildman–Crippen MR) is 105 cm³/mol. The molecule has 1 aliphatic heterocycles. The van der Waals surface area contributed by atoms with E-state index in [2.05, 4.69) is 32.7 Å². The summed E-state index contributed by atoms with van der Waals surface area (Å²) in [7, 11) is 0. The average molecular weight is 444 g/mol. The van der Waals surface area contributed by atoms with Crippen molar-refractivity contribution < 1.29 is 4.74 Å². The number of halogens is 1. The molecule has 3 rings (SSSR count). The lowest BCUT2D eigenvalue weighted by Crippen LogP contribution is -2.38. The van der Waals surface area contributed by atoms with Gasteiger partial charge in [0, 0.05) is 25.9 Å². The normalized spacial score (nSPS) is 17.7. The Hall–Kier alpha value is -1.42. The Kier molecular flexibility index (Phi) is 7.70. The minimum absolute atomic E-state index is 0. The fourth-order valence-corrected chi connectivity index (χ4v) is 2.71. The van der Waals surface area contributed by atoms with Gasteiger partial charge in [-0.05, 0) is 38.3 Å². The zero-order valence-electron chi connectivity index (χ0n) is 13.9. The maximum Gasteiger partial charge on any atom is 0.191 e. The van der Waals surface area contributed by atoms with Crippen LogP contribution in [-0.2, 0) is 11.3 Å². The molecule has 2 aromatic rings. The highest BCUT2D eigenvalue weighted by molar-refractivity contribution is 14.0. The molecular formula is C16H25IN6O. The summed E-state index contributed by atoms with van der Waals surface area (Å²) in [4.78, 5) is 4.60. The summed E-state index contributed by atoms with van der Waals surface area (Å²) in [5, 5.41) is 15.0. The molecule has 2 aromatic heterocycles. The van der Waals surface area contributed by atoms with Crippen LogP contribution in [0.2, 0.25) is 0 Å². The summed E-state index contributed by atoms with van der Waals surface area (Å²) in [5.74, 6) is 1.63. The number of nitrogens with zero attached hydrogens (tertiary/aromatic N) is 4. The van der Waals surface area contributed by atoms with Crippen LogP contribution in [0.1, 0.15) is 32.0 Å². The third-order valence-electron chi connectivity index (χ3n) is 3.89. The molecule has 7 nitrogen and oxygen atoms in total. The van der Waals surface area contributed by atoms with Crippen molar-refractivity contribution in [3.8, 4) is 0 Å². The molecule has 1 saturated heterocycles. The van der Waals surface area contributed by atoms with Crippen molar-refractivity contribution in [3.63, 3.8) is 0 Å². The van der Waals surface area contributed by atoms with Crippen LogP contribution >= 0.6 is 24.0 Å². The van der Waals surface area contributed by atoms with Crippen LogP contribution in [0.15, 0.2) is 29.4 Å². The Labute approximate surface area is 159 Å². The lowest BCUT2D eigenvalue weighted by Gasteiger charge is -2.13. The first-order valence-corrected chi connectivity index (χ1v) is 8.29. The highest BCUT2D eigenvalue weighted by atomic mass is 127. The van der Waals surface area contributed by atoms with Crippen molar-refractivity contribution >= 4 is 35.6 Å². The second kappa shape index (κ2) is 9.77. The Balaban J connectivity index is 0.00000208. The van der Waals surface area contributed by atoms with E-state index in [4.69, 9.17) is 4.74 Å². The fourth-order valence-electron chi connectivity index (χ4n) is 2.71. The molecule has 8 heteroatoms. The lowest BCUT2D eigenvalue weighted by atomic mass is 10.2. The third-order valence-corrected chi connectivity index (χ3v) is 3.89. The van der Waals surface area contributed by atoms with E-state index in [1.807, 2.05) is 28.8 Å². The summed E-state index contributed by atoms with van der Waals surface area (Å²) >= 11 is 0. The van der Waals surface area contributed by atoms with Crippen molar-refractivity contribution in [1.29, 1.82) is 0 Å². The summed E-state index contributed by atoms with van der Waals surface area (Å²) in [6, 6.07) is 5.85. The summed E-state index contributed by atoms with van der Waals surface area (Å²) in [6.45, 7) is 5.13. The molecule has 0 spiro atoms. The molecule has 24 heavy (non-hydrogen) atoms. The molecule has 3 heterocycles. The second-order valence-electron chi connectivity index (χ2n) is 5.59. The van der Waals surface area contributed by atoms with Gasteiger partial charge in [-0.3, -0.25) is 4.40 Å². The van der Waals surface area contributed by atoms with E-state index in [0.29, 0.717) is 12.6 Å². The number of fused-ring (bicyclic) bond motifs is 1. The number of aliphatic imine (C=N–C) groups is 1. The van der Waals surface area contributed by atoms with E-state index in [-0.39, 0.29) is 24.0 Å². The minimum Gasteiger partial charge on any atom is -0.378 e. The van der Waals surface area contributed by atoms with Crippen molar-refractivity contribution in [2.75, 3.05) is 19.7 Å². The van der Waals surface area contributed by atoms with Crippen LogP contribution in [0.25, 0.3) is 5.65 Å². The van der Waals surface area contributed by atoms with Gasteiger partial charge in [-0.15, -0.1) is 34.2 Å². The van der Waals surface area contributed by atoms with Crippen LogP contribution in [0.5, 0.6) is 0 Å². The number of rotatable bonds is 6. The van der Waals surface area contributed by atoms with Gasteiger partial charge in [0.1, 0.15) is 6.54 Å². The largest absolute Gasteiger partial charge is 0.378 e. The van der Waals surface area contributed by atoms with E-state index < -0.39 is 0 Å². The number of hydrogen-bond acceptors (Lipinski definition) is 4. The van der Waals surface area contributed by atoms with Crippen LogP contribution in [-0.4, -0.2) is 46.4 Å². The van der Waals surface area contributed by atoms with Crippen LogP contribution < -0.4 is 10.6 Å². The molecule has 0 saturated carbocycles. The third kappa shape index (κ3) is 5.04. The molecule has 132 valence electrons. The van der Waals surface area contributed by atoms with Crippen LogP contribution in [0.4, 0.5) is 0 Å². The smallest absolute Gasteiger partial charge is 0.191 e. The minimum atomic E-state index is 0. The number of aromatic nitrogens is 3. The quantitative estimate of drug-likeness (QED) is 0.405. The van der Waals surface area contributed by atoms with Gasteiger partial charge in [0.2, 0.25) is 0 Å². The molecule has 1 fully saturated rings. The lowest BCUT2D eigenvalue weighted by molar-refractivity contribution is 0.105. The summed E-state index contributed by atoms with van der Waals surface area (Å²) in [5.41, 5.74) is 0.842. The standard InChI is InChI=1S/C16H24N6O.HI/c1-2-17-16(18-9-8-13-6-5-11-23-13)19-12-15-21-20-14-7-3-4-10-22(14)15;/h3-4,7,10,13H,2,5-6,8-9,11-12H2,1H3,(H2,17,18,19);1H. The molecule has 0 radical (unpaired) electrons.